The summed E-state index contributed by atoms with van der Waals surface area (Å²) in [6.45, 7) is 5.28. The predicted octanol–water partition coefficient (Wildman–Crippen LogP) is 4.78. The van der Waals surface area contributed by atoms with Gasteiger partial charge in [0.05, 0.1) is 5.92 Å². The molecule has 2 aromatic carbocycles. The fourth-order valence-electron chi connectivity index (χ4n) is 3.72. The number of nitrogens with zero attached hydrogens (tertiary/aromatic N) is 1. The number of rotatable bonds is 11. The van der Waals surface area contributed by atoms with E-state index in [1.54, 1.807) is 63.5 Å². The van der Waals surface area contributed by atoms with Gasteiger partial charge in [0.1, 0.15) is 12.2 Å². The fourth-order valence-corrected chi connectivity index (χ4v) is 3.72. The molecule has 0 saturated carbocycles. The van der Waals surface area contributed by atoms with Crippen LogP contribution in [0.2, 0.25) is 0 Å². The monoisotopic (exact) mass is 535 g/mol. The molecule has 3 N–H and O–H groups in total. The van der Waals surface area contributed by atoms with E-state index in [2.05, 4.69) is 15.6 Å². The molecular formula is C29H33N3O7. The number of pyridine rings is 1. The van der Waals surface area contributed by atoms with Crippen LogP contribution >= 0.6 is 0 Å². The van der Waals surface area contributed by atoms with Crippen LogP contribution in [0.3, 0.4) is 0 Å². The number of hydrogen-bond donors (Lipinski definition) is 3. The van der Waals surface area contributed by atoms with Crippen molar-refractivity contribution in [1.82, 2.24) is 10.3 Å². The molecule has 0 radical (unpaired) electrons. The summed E-state index contributed by atoms with van der Waals surface area (Å²) in [5, 5.41) is 16.1. The van der Waals surface area contributed by atoms with Crippen LogP contribution in [0.4, 0.5) is 10.5 Å². The lowest BCUT2D eigenvalue weighted by atomic mass is 9.96. The summed E-state index contributed by atoms with van der Waals surface area (Å²) in [5.41, 5.74) is 1.26. The van der Waals surface area contributed by atoms with Crippen molar-refractivity contribution >= 4 is 40.4 Å². The number of carbonyl (C=O) groups excluding carboxylic acids is 3. The van der Waals surface area contributed by atoms with Crippen LogP contribution in [0.25, 0.3) is 10.8 Å². The molecule has 2 amide bonds. The number of benzene rings is 2. The van der Waals surface area contributed by atoms with Crippen molar-refractivity contribution in [2.75, 3.05) is 11.9 Å². The highest BCUT2D eigenvalue weighted by Crippen LogP contribution is 2.22. The molecule has 0 fully saturated rings. The summed E-state index contributed by atoms with van der Waals surface area (Å²) < 4.78 is 10.5. The molecule has 0 aliphatic rings. The number of hydrogen-bond acceptors (Lipinski definition) is 7. The van der Waals surface area contributed by atoms with Crippen molar-refractivity contribution in [3.05, 3.63) is 72.1 Å². The molecule has 1 heterocycles. The fraction of sp³-hybridized carbons (Fsp3) is 0.345. The highest BCUT2D eigenvalue weighted by Gasteiger charge is 2.24. The number of carboxylic acids is 1. The van der Waals surface area contributed by atoms with E-state index in [4.69, 9.17) is 14.6 Å². The van der Waals surface area contributed by atoms with Crippen LogP contribution < -0.4 is 10.6 Å². The third-order valence-electron chi connectivity index (χ3n) is 5.63. The molecule has 39 heavy (non-hydrogen) atoms. The van der Waals surface area contributed by atoms with Gasteiger partial charge in [-0.2, -0.15) is 0 Å². The molecule has 0 saturated heterocycles. The topological polar surface area (TPSA) is 144 Å². The Hall–Kier alpha value is -4.47. The quantitative estimate of drug-likeness (QED) is 0.298. The Kier molecular flexibility index (Phi) is 9.97. The molecule has 0 aliphatic heterocycles. The Morgan fingerprint density at radius 3 is 2.41 bits per heavy atom. The number of esters is 1. The first kappa shape index (κ1) is 29.1. The number of alkyl carbamates (subject to hydrolysis) is 1. The zero-order valence-electron chi connectivity index (χ0n) is 22.2. The Labute approximate surface area is 226 Å². The summed E-state index contributed by atoms with van der Waals surface area (Å²) >= 11 is 0. The molecule has 206 valence electrons. The summed E-state index contributed by atoms with van der Waals surface area (Å²) in [6, 6.07) is 14.3. The number of fused-ring (bicyclic) bond motifs is 1. The van der Waals surface area contributed by atoms with Crippen molar-refractivity contribution in [2.45, 2.75) is 58.2 Å². The lowest BCUT2D eigenvalue weighted by Gasteiger charge is -2.22. The van der Waals surface area contributed by atoms with Gasteiger partial charge in [0, 0.05) is 42.9 Å². The third-order valence-corrected chi connectivity index (χ3v) is 5.63. The lowest BCUT2D eigenvalue weighted by molar-refractivity contribution is -0.145. The molecular weight excluding hydrogens is 502 g/mol. The molecule has 1 aromatic heterocycles. The number of carboxylic acid groups (broad SMARTS) is 1. The normalized spacial score (nSPS) is 11.9. The largest absolute Gasteiger partial charge is 0.481 e. The summed E-state index contributed by atoms with van der Waals surface area (Å²) in [6.07, 6.45) is 2.92. The summed E-state index contributed by atoms with van der Waals surface area (Å²) in [4.78, 5) is 52.2. The van der Waals surface area contributed by atoms with Crippen molar-refractivity contribution in [2.24, 2.45) is 0 Å². The maximum absolute atomic E-state index is 13.4. The number of anilines is 1. The van der Waals surface area contributed by atoms with Crippen LogP contribution in [0.5, 0.6) is 0 Å². The van der Waals surface area contributed by atoms with E-state index in [0.717, 1.165) is 10.8 Å². The minimum absolute atomic E-state index is 0.00381. The van der Waals surface area contributed by atoms with Crippen LogP contribution in [-0.2, 0) is 30.5 Å². The Balaban J connectivity index is 1.70. The molecule has 0 spiro atoms. The van der Waals surface area contributed by atoms with Gasteiger partial charge in [-0.05, 0) is 61.9 Å². The highest BCUT2D eigenvalue weighted by molar-refractivity contribution is 5.98. The first-order valence-electron chi connectivity index (χ1n) is 12.6. The first-order chi connectivity index (χ1) is 18.5. The molecule has 0 aliphatic carbocycles. The second-order valence-corrected chi connectivity index (χ2v) is 10.0. The smallest absolute Gasteiger partial charge is 0.407 e. The van der Waals surface area contributed by atoms with Crippen molar-refractivity contribution in [3.63, 3.8) is 0 Å². The molecule has 3 aromatic rings. The van der Waals surface area contributed by atoms with Gasteiger partial charge in [0.25, 0.3) is 0 Å². The zero-order chi connectivity index (χ0) is 28.4. The van der Waals surface area contributed by atoms with E-state index in [0.29, 0.717) is 16.8 Å². The maximum atomic E-state index is 13.4. The van der Waals surface area contributed by atoms with Crippen LogP contribution in [0, 0.1) is 0 Å². The second kappa shape index (κ2) is 13.4. The van der Waals surface area contributed by atoms with Gasteiger partial charge in [0.15, 0.2) is 0 Å². The van der Waals surface area contributed by atoms with E-state index in [-0.39, 0.29) is 38.3 Å². The highest BCUT2D eigenvalue weighted by atomic mass is 16.6. The number of nitrogens with one attached hydrogen (secondary N) is 2. The van der Waals surface area contributed by atoms with Gasteiger partial charge < -0.3 is 25.2 Å². The molecule has 1 atom stereocenters. The van der Waals surface area contributed by atoms with Gasteiger partial charge in [-0.3, -0.25) is 19.4 Å². The van der Waals surface area contributed by atoms with Gasteiger partial charge in [0.2, 0.25) is 5.91 Å². The van der Waals surface area contributed by atoms with E-state index in [1.807, 2.05) is 18.2 Å². The van der Waals surface area contributed by atoms with Gasteiger partial charge in [-0.15, -0.1) is 0 Å². The van der Waals surface area contributed by atoms with Gasteiger partial charge in [-0.25, -0.2) is 4.79 Å². The number of ether oxygens (including phenoxy) is 2. The van der Waals surface area contributed by atoms with E-state index in [1.165, 1.54) is 0 Å². The van der Waals surface area contributed by atoms with E-state index >= 15 is 0 Å². The number of aromatic nitrogens is 1. The van der Waals surface area contributed by atoms with Crippen molar-refractivity contribution < 1.29 is 33.8 Å². The van der Waals surface area contributed by atoms with Gasteiger partial charge in [-0.1, -0.05) is 30.3 Å². The Morgan fingerprint density at radius 1 is 0.974 bits per heavy atom. The minimum Gasteiger partial charge on any atom is -0.481 e. The Bertz CT molecular complexity index is 1320. The number of aliphatic carboxylic acids is 1. The minimum atomic E-state index is -0.962. The van der Waals surface area contributed by atoms with E-state index < -0.39 is 29.6 Å². The number of carbonyl (C=O) groups is 4. The van der Waals surface area contributed by atoms with Crippen LogP contribution in [0.1, 0.15) is 57.1 Å². The molecule has 10 nitrogen and oxygen atoms in total. The molecule has 0 bridgehead atoms. The SMILES string of the molecule is CC(C)(C)OC(=O)NC[C@@H](C(=O)Nc1ccc2cnccc2c1)c1ccc(COC(=O)CCCC(=O)O)cc1. The summed E-state index contributed by atoms with van der Waals surface area (Å²) in [5.74, 6) is -2.50. The lowest BCUT2D eigenvalue weighted by Crippen LogP contribution is -2.37. The maximum Gasteiger partial charge on any atom is 0.407 e. The molecule has 3 rings (SSSR count). The predicted molar refractivity (Wildman–Crippen MR) is 145 cm³/mol. The molecule has 10 heteroatoms. The zero-order valence-corrected chi connectivity index (χ0v) is 22.2. The summed E-state index contributed by atoms with van der Waals surface area (Å²) in [7, 11) is 0. The number of amides is 2. The first-order valence-corrected chi connectivity index (χ1v) is 12.6. The van der Waals surface area contributed by atoms with Crippen LogP contribution in [-0.4, -0.2) is 46.2 Å². The van der Waals surface area contributed by atoms with Gasteiger partial charge >= 0.3 is 18.0 Å². The van der Waals surface area contributed by atoms with E-state index in [9.17, 15) is 19.2 Å². The Morgan fingerprint density at radius 2 is 1.72 bits per heavy atom. The van der Waals surface area contributed by atoms with Crippen LogP contribution in [0.15, 0.2) is 60.9 Å². The van der Waals surface area contributed by atoms with Crippen molar-refractivity contribution in [1.29, 1.82) is 0 Å². The second-order valence-electron chi connectivity index (χ2n) is 10.0. The standard InChI is InChI=1S/C29H33N3O7/c1-29(2,3)39-28(37)31-17-24(27(36)32-23-12-11-22-16-30-14-13-21(22)15-23)20-9-7-19(8-10-20)18-38-26(35)6-4-5-25(33)34/h7-16,24H,4-6,17-18H2,1-3H3,(H,31,37)(H,32,36)(H,33,34)/t24-/m1/s1. The third kappa shape index (κ3) is 9.73. The average Bonchev–Trinajstić information content (AvgIpc) is 2.87. The van der Waals surface area contributed by atoms with Crippen molar-refractivity contribution in [3.8, 4) is 0 Å². The average molecular weight is 536 g/mol. The molecule has 0 unspecified atom stereocenters.